The van der Waals surface area contributed by atoms with E-state index in [0.29, 0.717) is 16.7 Å². The second-order valence-electron chi connectivity index (χ2n) is 5.42. The molecule has 0 spiro atoms. The van der Waals surface area contributed by atoms with Gasteiger partial charge in [0, 0.05) is 26.0 Å². The Labute approximate surface area is 122 Å². The molecule has 1 atom stereocenters. The number of halogens is 1. The number of hydrogen-bond acceptors (Lipinski definition) is 4. The SMILES string of the molecule is CN(C)C(=O)C1CCCN1c1ncnc2c(F)cccc12. The molecule has 21 heavy (non-hydrogen) atoms. The zero-order chi connectivity index (χ0) is 15.0. The highest BCUT2D eigenvalue weighted by Crippen LogP contribution is 2.30. The number of para-hydroxylation sites is 1. The summed E-state index contributed by atoms with van der Waals surface area (Å²) in [6, 6.07) is 4.58. The van der Waals surface area contributed by atoms with Crippen LogP contribution in [0.15, 0.2) is 24.5 Å². The zero-order valence-electron chi connectivity index (χ0n) is 12.1. The minimum atomic E-state index is -0.370. The van der Waals surface area contributed by atoms with Crippen molar-refractivity contribution in [1.29, 1.82) is 0 Å². The van der Waals surface area contributed by atoms with Crippen LogP contribution in [0.2, 0.25) is 0 Å². The van der Waals surface area contributed by atoms with Crippen LogP contribution in [0.4, 0.5) is 10.2 Å². The van der Waals surface area contributed by atoms with E-state index >= 15 is 0 Å². The first kappa shape index (κ1) is 13.7. The molecule has 1 aromatic heterocycles. The zero-order valence-corrected chi connectivity index (χ0v) is 12.1. The summed E-state index contributed by atoms with van der Waals surface area (Å²) in [5, 5.41) is 0.649. The van der Waals surface area contributed by atoms with Crippen molar-refractivity contribution in [2.24, 2.45) is 0 Å². The maximum atomic E-state index is 13.9. The molecule has 1 unspecified atom stereocenters. The third-order valence-corrected chi connectivity index (χ3v) is 3.85. The van der Waals surface area contributed by atoms with Gasteiger partial charge in [-0.25, -0.2) is 14.4 Å². The minimum absolute atomic E-state index is 0.0515. The highest BCUT2D eigenvalue weighted by molar-refractivity contribution is 5.93. The number of benzene rings is 1. The van der Waals surface area contributed by atoms with Gasteiger partial charge in [0.05, 0.1) is 0 Å². The summed E-state index contributed by atoms with van der Waals surface area (Å²) in [4.78, 5) is 24.2. The van der Waals surface area contributed by atoms with E-state index in [0.717, 1.165) is 19.4 Å². The molecule has 1 aliphatic heterocycles. The summed E-state index contributed by atoms with van der Waals surface area (Å²) >= 11 is 0. The molecular weight excluding hydrogens is 271 g/mol. The van der Waals surface area contributed by atoms with Crippen molar-refractivity contribution in [2.75, 3.05) is 25.5 Å². The number of nitrogens with zero attached hydrogens (tertiary/aromatic N) is 4. The molecular formula is C15H17FN4O. The van der Waals surface area contributed by atoms with Crippen LogP contribution in [0.3, 0.4) is 0 Å². The number of aromatic nitrogens is 2. The number of amides is 1. The smallest absolute Gasteiger partial charge is 0.244 e. The largest absolute Gasteiger partial charge is 0.347 e. The molecule has 5 nitrogen and oxygen atoms in total. The second kappa shape index (κ2) is 5.27. The summed E-state index contributed by atoms with van der Waals surface area (Å²) in [5.74, 6) is 0.318. The van der Waals surface area contributed by atoms with Crippen LogP contribution in [0.1, 0.15) is 12.8 Å². The third kappa shape index (κ3) is 2.30. The Bertz CT molecular complexity index is 688. The second-order valence-corrected chi connectivity index (χ2v) is 5.42. The molecule has 6 heteroatoms. The van der Waals surface area contributed by atoms with Gasteiger partial charge in [-0.15, -0.1) is 0 Å². The highest BCUT2D eigenvalue weighted by Gasteiger charge is 2.33. The monoisotopic (exact) mass is 288 g/mol. The Balaban J connectivity index is 2.08. The van der Waals surface area contributed by atoms with E-state index in [1.165, 1.54) is 12.4 Å². The van der Waals surface area contributed by atoms with E-state index in [9.17, 15) is 9.18 Å². The van der Waals surface area contributed by atoms with Gasteiger partial charge < -0.3 is 9.80 Å². The van der Waals surface area contributed by atoms with Gasteiger partial charge in [-0.2, -0.15) is 0 Å². The first-order chi connectivity index (χ1) is 10.1. The Morgan fingerprint density at radius 1 is 1.38 bits per heavy atom. The maximum absolute atomic E-state index is 13.9. The number of carbonyl (C=O) groups is 1. The lowest BCUT2D eigenvalue weighted by Gasteiger charge is -2.27. The van der Waals surface area contributed by atoms with Crippen molar-refractivity contribution in [1.82, 2.24) is 14.9 Å². The predicted molar refractivity (Wildman–Crippen MR) is 78.6 cm³/mol. The van der Waals surface area contributed by atoms with Crippen LogP contribution < -0.4 is 4.90 Å². The number of fused-ring (bicyclic) bond motifs is 1. The van der Waals surface area contributed by atoms with Crippen molar-refractivity contribution in [3.8, 4) is 0 Å². The lowest BCUT2D eigenvalue weighted by molar-refractivity contribution is -0.129. The standard InChI is InChI=1S/C15H17FN4O/c1-19(2)15(21)12-7-4-8-20(12)14-10-5-3-6-11(16)13(10)17-9-18-14/h3,5-6,9,12H,4,7-8H2,1-2H3. The molecule has 3 rings (SSSR count). The average molecular weight is 288 g/mol. The summed E-state index contributed by atoms with van der Waals surface area (Å²) in [6.07, 6.45) is 3.07. The summed E-state index contributed by atoms with van der Waals surface area (Å²) < 4.78 is 13.9. The number of carbonyl (C=O) groups excluding carboxylic acids is 1. The van der Waals surface area contributed by atoms with Crippen LogP contribution in [0, 0.1) is 5.82 Å². The normalized spacial score (nSPS) is 18.2. The van der Waals surface area contributed by atoms with Crippen molar-refractivity contribution in [3.05, 3.63) is 30.3 Å². The lowest BCUT2D eigenvalue weighted by Crippen LogP contribution is -2.43. The molecule has 0 bridgehead atoms. The number of hydrogen-bond donors (Lipinski definition) is 0. The maximum Gasteiger partial charge on any atom is 0.244 e. The molecule has 2 aromatic rings. The summed E-state index contributed by atoms with van der Waals surface area (Å²) in [6.45, 7) is 0.743. The van der Waals surface area contributed by atoms with Gasteiger partial charge in [0.1, 0.15) is 29.5 Å². The molecule has 0 N–H and O–H groups in total. The van der Waals surface area contributed by atoms with Crippen molar-refractivity contribution in [2.45, 2.75) is 18.9 Å². The Kier molecular flexibility index (Phi) is 3.45. The summed E-state index contributed by atoms with van der Waals surface area (Å²) in [5.41, 5.74) is 0.297. The molecule has 110 valence electrons. The first-order valence-electron chi connectivity index (χ1n) is 6.96. The van der Waals surface area contributed by atoms with E-state index in [1.807, 2.05) is 4.90 Å². The minimum Gasteiger partial charge on any atom is -0.347 e. The fourth-order valence-electron chi connectivity index (χ4n) is 2.84. The van der Waals surface area contributed by atoms with Gasteiger partial charge >= 0.3 is 0 Å². The van der Waals surface area contributed by atoms with E-state index in [2.05, 4.69) is 9.97 Å². The molecule has 0 saturated carbocycles. The van der Waals surface area contributed by atoms with E-state index in [4.69, 9.17) is 0 Å². The topological polar surface area (TPSA) is 49.3 Å². The predicted octanol–water partition coefficient (Wildman–Crippen LogP) is 1.83. The molecule has 1 saturated heterocycles. The van der Waals surface area contributed by atoms with Crippen LogP contribution in [0.25, 0.3) is 10.9 Å². The van der Waals surface area contributed by atoms with Crippen LogP contribution in [-0.4, -0.2) is 47.5 Å². The average Bonchev–Trinajstić information content (AvgIpc) is 2.95. The number of likely N-dealkylation sites (N-methyl/N-ethyl adjacent to an activating group) is 1. The van der Waals surface area contributed by atoms with Crippen LogP contribution in [0.5, 0.6) is 0 Å². The van der Waals surface area contributed by atoms with Gasteiger partial charge in [-0.05, 0) is 25.0 Å². The Hall–Kier alpha value is -2.24. The molecule has 1 amide bonds. The Morgan fingerprint density at radius 2 is 2.19 bits per heavy atom. The van der Waals surface area contributed by atoms with Gasteiger partial charge in [-0.1, -0.05) is 6.07 Å². The Morgan fingerprint density at radius 3 is 2.95 bits per heavy atom. The van der Waals surface area contributed by atoms with E-state index in [-0.39, 0.29) is 17.8 Å². The quantitative estimate of drug-likeness (QED) is 0.846. The van der Waals surface area contributed by atoms with Gasteiger partial charge in [0.25, 0.3) is 0 Å². The molecule has 1 fully saturated rings. The fraction of sp³-hybridized carbons (Fsp3) is 0.400. The lowest BCUT2D eigenvalue weighted by atomic mass is 10.1. The fourth-order valence-corrected chi connectivity index (χ4v) is 2.84. The molecule has 0 radical (unpaired) electrons. The molecule has 1 aromatic carbocycles. The van der Waals surface area contributed by atoms with E-state index < -0.39 is 0 Å². The van der Waals surface area contributed by atoms with Gasteiger partial charge in [-0.3, -0.25) is 4.79 Å². The van der Waals surface area contributed by atoms with Crippen LogP contribution in [-0.2, 0) is 4.79 Å². The van der Waals surface area contributed by atoms with Crippen molar-refractivity contribution >= 4 is 22.6 Å². The molecule has 2 heterocycles. The van der Waals surface area contributed by atoms with Gasteiger partial charge in [0.15, 0.2) is 0 Å². The van der Waals surface area contributed by atoms with E-state index in [1.54, 1.807) is 31.1 Å². The van der Waals surface area contributed by atoms with Crippen molar-refractivity contribution < 1.29 is 9.18 Å². The molecule has 0 aliphatic carbocycles. The summed E-state index contributed by atoms with van der Waals surface area (Å²) in [7, 11) is 3.49. The van der Waals surface area contributed by atoms with Crippen molar-refractivity contribution in [3.63, 3.8) is 0 Å². The third-order valence-electron chi connectivity index (χ3n) is 3.85. The first-order valence-corrected chi connectivity index (χ1v) is 6.96. The van der Waals surface area contributed by atoms with Gasteiger partial charge in [0.2, 0.25) is 5.91 Å². The molecule has 1 aliphatic rings. The number of anilines is 1. The van der Waals surface area contributed by atoms with Crippen LogP contribution >= 0.6 is 0 Å². The highest BCUT2D eigenvalue weighted by atomic mass is 19.1. The number of rotatable bonds is 2.